The largest absolute Gasteiger partial charge is 0.371 e. The maximum Gasteiger partial charge on any atom is 0.171 e. The van der Waals surface area contributed by atoms with Crippen LogP contribution >= 0.6 is 8.46 Å². The van der Waals surface area contributed by atoms with Gasteiger partial charge < -0.3 is 28.7 Å². The van der Waals surface area contributed by atoms with Crippen LogP contribution in [0.1, 0.15) is 18.1 Å². The lowest BCUT2D eigenvalue weighted by Crippen LogP contribution is -2.36. The smallest absolute Gasteiger partial charge is 0.171 e. The van der Waals surface area contributed by atoms with E-state index in [1.54, 1.807) is 0 Å². The number of rotatable bonds is 13. The second kappa shape index (κ2) is 9.21. The molecule has 0 radical (unpaired) electrons. The molecule has 4 fully saturated rings. The predicted molar refractivity (Wildman–Crippen MR) is 130 cm³/mol. The van der Waals surface area contributed by atoms with E-state index < -0.39 is 5.16 Å². The van der Waals surface area contributed by atoms with Gasteiger partial charge in [0.15, 0.2) is 8.46 Å². The van der Waals surface area contributed by atoms with E-state index >= 15 is 0 Å². The lowest BCUT2D eigenvalue weighted by molar-refractivity contribution is 0.388. The molecule has 0 saturated carbocycles. The molecule has 0 bridgehead atoms. The second-order valence-electron chi connectivity index (χ2n) is 9.83. The van der Waals surface area contributed by atoms with Crippen LogP contribution in [0.25, 0.3) is 0 Å². The standard InChI is InChI=1S/C26H31N2O5P/c1-26(34-29,22-6-2-4-8-24(22)27(10-18-14-30-18)11-19-15-31-19)23-7-3-5-9-25(23)28(12-20-16-32-20)13-21-17-33-21/h2-9,18-21H,10-17H2,1H3. The Morgan fingerprint density at radius 1 is 0.706 bits per heavy atom. The van der Waals surface area contributed by atoms with Crippen molar-refractivity contribution in [3.05, 3.63) is 59.7 Å². The normalized spacial score (nSPS) is 28.3. The average molecular weight is 483 g/mol. The average Bonchev–Trinajstić information content (AvgIpc) is 3.70. The summed E-state index contributed by atoms with van der Waals surface area (Å²) in [6.45, 7) is 8.53. The van der Waals surface area contributed by atoms with Crippen molar-refractivity contribution in [1.29, 1.82) is 0 Å². The van der Waals surface area contributed by atoms with Gasteiger partial charge in [-0.15, -0.1) is 0 Å². The fourth-order valence-electron chi connectivity index (χ4n) is 4.79. The molecule has 4 saturated heterocycles. The molecule has 4 atom stereocenters. The topological polar surface area (TPSA) is 73.7 Å². The third-order valence-electron chi connectivity index (χ3n) is 7.03. The molecule has 2 aromatic carbocycles. The predicted octanol–water partition coefficient (Wildman–Crippen LogP) is 3.45. The van der Waals surface area contributed by atoms with Crippen molar-refractivity contribution < 1.29 is 23.5 Å². The highest BCUT2D eigenvalue weighted by atomic mass is 31.1. The van der Waals surface area contributed by atoms with E-state index in [1.807, 2.05) is 12.1 Å². The van der Waals surface area contributed by atoms with Crippen molar-refractivity contribution in [2.24, 2.45) is 0 Å². The fourth-order valence-corrected chi connectivity index (χ4v) is 5.36. The summed E-state index contributed by atoms with van der Waals surface area (Å²) in [5.74, 6) is 0. The van der Waals surface area contributed by atoms with E-state index in [1.165, 1.54) is 0 Å². The molecule has 0 amide bonds. The van der Waals surface area contributed by atoms with Crippen LogP contribution in [0, 0.1) is 0 Å². The van der Waals surface area contributed by atoms with Crippen LogP contribution in [0.4, 0.5) is 11.4 Å². The molecule has 0 spiro atoms. The Morgan fingerprint density at radius 2 is 1.03 bits per heavy atom. The summed E-state index contributed by atoms with van der Waals surface area (Å²) in [5.41, 5.74) is 4.28. The van der Waals surface area contributed by atoms with Crippen LogP contribution in [0.2, 0.25) is 0 Å². The number of nitrogens with zero attached hydrogens (tertiary/aromatic N) is 2. The molecule has 4 aliphatic rings. The first-order chi connectivity index (χ1) is 16.6. The van der Waals surface area contributed by atoms with Gasteiger partial charge >= 0.3 is 0 Å². The Balaban J connectivity index is 1.39. The zero-order valence-corrected chi connectivity index (χ0v) is 20.4. The molecule has 4 heterocycles. The monoisotopic (exact) mass is 482 g/mol. The van der Waals surface area contributed by atoms with Crippen molar-refractivity contribution in [3.8, 4) is 0 Å². The third kappa shape index (κ3) is 5.00. The van der Waals surface area contributed by atoms with E-state index in [4.69, 9.17) is 18.9 Å². The molecule has 0 aromatic heterocycles. The van der Waals surface area contributed by atoms with Crippen molar-refractivity contribution >= 4 is 19.8 Å². The number of epoxide rings is 4. The number of hydrogen-bond acceptors (Lipinski definition) is 7. The number of benzene rings is 2. The Morgan fingerprint density at radius 3 is 1.32 bits per heavy atom. The third-order valence-corrected chi connectivity index (χ3v) is 7.87. The molecule has 34 heavy (non-hydrogen) atoms. The molecule has 8 heteroatoms. The molecule has 0 N–H and O–H groups in total. The molecule has 6 rings (SSSR count). The molecule has 2 aromatic rings. The Hall–Kier alpha value is -2.02. The first-order valence-corrected chi connectivity index (χ1v) is 12.9. The number of anilines is 2. The van der Waals surface area contributed by atoms with Gasteiger partial charge in [0.1, 0.15) is 5.16 Å². The summed E-state index contributed by atoms with van der Waals surface area (Å²) in [4.78, 5) is 4.70. The summed E-state index contributed by atoms with van der Waals surface area (Å²) >= 11 is 0. The molecule has 0 aliphatic carbocycles. The minimum absolute atomic E-state index is 0.0520. The van der Waals surface area contributed by atoms with Gasteiger partial charge in [0.25, 0.3) is 0 Å². The van der Waals surface area contributed by atoms with Crippen molar-refractivity contribution in [1.82, 2.24) is 0 Å². The van der Waals surface area contributed by atoms with Crippen LogP contribution in [-0.2, 0) is 28.7 Å². The Kier molecular flexibility index (Phi) is 6.08. The highest BCUT2D eigenvalue weighted by Crippen LogP contribution is 2.49. The van der Waals surface area contributed by atoms with E-state index in [2.05, 4.69) is 53.1 Å². The zero-order chi connectivity index (χ0) is 23.1. The highest BCUT2D eigenvalue weighted by molar-refractivity contribution is 7.26. The molecular formula is C26H31N2O5P. The first kappa shape index (κ1) is 22.4. The van der Waals surface area contributed by atoms with Crippen LogP contribution in [0.3, 0.4) is 0 Å². The second-order valence-corrected chi connectivity index (χ2v) is 10.9. The molecule has 180 valence electrons. The van der Waals surface area contributed by atoms with Gasteiger partial charge in [0.05, 0.1) is 50.8 Å². The van der Waals surface area contributed by atoms with E-state index in [0.29, 0.717) is 0 Å². The zero-order valence-electron chi connectivity index (χ0n) is 19.5. The van der Waals surface area contributed by atoms with Crippen LogP contribution < -0.4 is 9.80 Å². The van der Waals surface area contributed by atoms with Crippen LogP contribution in [-0.4, -0.2) is 77.0 Å². The van der Waals surface area contributed by atoms with E-state index in [-0.39, 0.29) is 32.9 Å². The van der Waals surface area contributed by atoms with Gasteiger partial charge in [-0.25, -0.2) is 0 Å². The first-order valence-electron chi connectivity index (χ1n) is 12.1. The molecule has 7 nitrogen and oxygen atoms in total. The SMILES string of the molecule is CC(P=O)(c1ccccc1N(CC1CO1)CC1CO1)c1ccccc1N(CC1CO1)CC1CO1. The summed E-state index contributed by atoms with van der Waals surface area (Å²) in [5, 5.41) is -0.729. The molecule has 4 aliphatic heterocycles. The lowest BCUT2D eigenvalue weighted by Gasteiger charge is -2.35. The van der Waals surface area contributed by atoms with Gasteiger partial charge in [-0.05, 0) is 30.2 Å². The van der Waals surface area contributed by atoms with E-state index in [0.717, 1.165) is 75.1 Å². The van der Waals surface area contributed by atoms with Crippen LogP contribution in [0.5, 0.6) is 0 Å². The van der Waals surface area contributed by atoms with Gasteiger partial charge in [-0.1, -0.05) is 36.4 Å². The highest BCUT2D eigenvalue weighted by Gasteiger charge is 2.40. The van der Waals surface area contributed by atoms with Gasteiger partial charge in [-0.3, -0.25) is 4.57 Å². The number of ether oxygens (including phenoxy) is 4. The van der Waals surface area contributed by atoms with Crippen molar-refractivity contribution in [3.63, 3.8) is 0 Å². The Labute approximate surface area is 202 Å². The van der Waals surface area contributed by atoms with E-state index in [9.17, 15) is 4.57 Å². The van der Waals surface area contributed by atoms with Gasteiger partial charge in [-0.2, -0.15) is 0 Å². The number of para-hydroxylation sites is 2. The fraction of sp³-hybridized carbons (Fsp3) is 0.538. The minimum Gasteiger partial charge on any atom is -0.371 e. The summed E-state index contributed by atoms with van der Waals surface area (Å²) in [7, 11) is 0.0520. The minimum atomic E-state index is -0.729. The summed E-state index contributed by atoms with van der Waals surface area (Å²) in [6, 6.07) is 16.7. The molecular weight excluding hydrogens is 451 g/mol. The van der Waals surface area contributed by atoms with Gasteiger partial charge in [0.2, 0.25) is 0 Å². The maximum atomic E-state index is 13.1. The Bertz CT molecular complexity index is 932. The summed E-state index contributed by atoms with van der Waals surface area (Å²) < 4.78 is 35.3. The lowest BCUT2D eigenvalue weighted by atomic mass is 9.88. The van der Waals surface area contributed by atoms with Crippen LogP contribution in [0.15, 0.2) is 48.5 Å². The summed E-state index contributed by atoms with van der Waals surface area (Å²) in [6.07, 6.45) is 1.01. The van der Waals surface area contributed by atoms with Crippen molar-refractivity contribution in [2.75, 3.05) is 62.4 Å². The van der Waals surface area contributed by atoms with Crippen molar-refractivity contribution in [2.45, 2.75) is 36.5 Å². The van der Waals surface area contributed by atoms with Gasteiger partial charge in [0, 0.05) is 37.6 Å². The quantitative estimate of drug-likeness (QED) is 0.320. The number of hydrogen-bond donors (Lipinski definition) is 0. The maximum absolute atomic E-state index is 13.1. The molecule has 4 unspecified atom stereocenters.